The van der Waals surface area contributed by atoms with Crippen LogP contribution < -0.4 is 5.32 Å². The molecule has 0 spiro atoms. The highest BCUT2D eigenvalue weighted by atomic mass is 79.9. The van der Waals surface area contributed by atoms with Gasteiger partial charge in [-0.3, -0.25) is 0 Å². The zero-order valence-electron chi connectivity index (χ0n) is 12.6. The Kier molecular flexibility index (Phi) is 5.42. The van der Waals surface area contributed by atoms with Crippen LogP contribution in [0.25, 0.3) is 0 Å². The van der Waals surface area contributed by atoms with E-state index in [1.54, 1.807) is 0 Å². The first-order valence-electron chi connectivity index (χ1n) is 7.09. The maximum absolute atomic E-state index is 3.68. The third-order valence-electron chi connectivity index (χ3n) is 3.62. The van der Waals surface area contributed by atoms with Crippen molar-refractivity contribution in [2.45, 2.75) is 40.2 Å². The Labute approximate surface area is 134 Å². The third-order valence-corrected chi connectivity index (χ3v) is 5.83. The van der Waals surface area contributed by atoms with Gasteiger partial charge in [0.1, 0.15) is 0 Å². The second kappa shape index (κ2) is 6.88. The van der Waals surface area contributed by atoms with Crippen LogP contribution in [0.1, 0.15) is 46.5 Å². The van der Waals surface area contributed by atoms with Crippen LogP contribution in [0.5, 0.6) is 0 Å². The van der Waals surface area contributed by atoms with Crippen molar-refractivity contribution in [3.63, 3.8) is 0 Å². The van der Waals surface area contributed by atoms with Gasteiger partial charge in [0.05, 0.1) is 9.83 Å². The molecule has 1 nitrogen and oxygen atoms in total. The van der Waals surface area contributed by atoms with Crippen LogP contribution in [0.15, 0.2) is 28.1 Å². The quantitative estimate of drug-likeness (QED) is 0.747. The fourth-order valence-corrected chi connectivity index (χ4v) is 3.92. The van der Waals surface area contributed by atoms with Crippen LogP contribution in [0.4, 0.5) is 0 Å². The molecule has 0 radical (unpaired) electrons. The van der Waals surface area contributed by atoms with Crippen LogP contribution in [0, 0.1) is 20.8 Å². The fraction of sp³-hybridized carbons (Fsp3) is 0.412. The minimum Gasteiger partial charge on any atom is -0.306 e. The van der Waals surface area contributed by atoms with E-state index in [1.165, 1.54) is 30.9 Å². The Morgan fingerprint density at radius 3 is 2.40 bits per heavy atom. The summed E-state index contributed by atoms with van der Waals surface area (Å²) >= 11 is 5.47. The lowest BCUT2D eigenvalue weighted by atomic mass is 9.99. The molecule has 0 saturated carbocycles. The summed E-state index contributed by atoms with van der Waals surface area (Å²) in [6, 6.07) is 9.37. The van der Waals surface area contributed by atoms with E-state index in [1.807, 2.05) is 11.3 Å². The van der Waals surface area contributed by atoms with Crippen molar-refractivity contribution < 1.29 is 0 Å². The van der Waals surface area contributed by atoms with Crippen molar-refractivity contribution in [1.82, 2.24) is 5.32 Å². The number of benzene rings is 1. The Balaban J connectivity index is 2.38. The van der Waals surface area contributed by atoms with E-state index in [9.17, 15) is 0 Å². The third kappa shape index (κ3) is 3.51. The van der Waals surface area contributed by atoms with E-state index in [0.717, 1.165) is 13.0 Å². The molecule has 3 heteroatoms. The SMILES string of the molecule is CCCNC(c1ccc(C)c(C)c1)c1cc(C)c(Br)s1. The van der Waals surface area contributed by atoms with Crippen LogP contribution in [-0.2, 0) is 0 Å². The van der Waals surface area contributed by atoms with Crippen LogP contribution in [0.3, 0.4) is 0 Å². The van der Waals surface area contributed by atoms with Crippen LogP contribution in [-0.4, -0.2) is 6.54 Å². The predicted molar refractivity (Wildman–Crippen MR) is 92.8 cm³/mol. The summed E-state index contributed by atoms with van der Waals surface area (Å²) in [7, 11) is 0. The summed E-state index contributed by atoms with van der Waals surface area (Å²) < 4.78 is 1.24. The summed E-state index contributed by atoms with van der Waals surface area (Å²) in [6.45, 7) is 9.75. The molecule has 1 aromatic carbocycles. The minimum absolute atomic E-state index is 0.296. The summed E-state index contributed by atoms with van der Waals surface area (Å²) in [5, 5.41) is 3.68. The zero-order chi connectivity index (χ0) is 14.7. The van der Waals surface area contributed by atoms with Crippen molar-refractivity contribution in [3.05, 3.63) is 55.2 Å². The molecule has 1 atom stereocenters. The molecule has 0 bridgehead atoms. The molecular weight excluding hydrogens is 330 g/mol. The highest BCUT2D eigenvalue weighted by Crippen LogP contribution is 2.34. The van der Waals surface area contributed by atoms with Gasteiger partial charge in [-0.25, -0.2) is 0 Å². The van der Waals surface area contributed by atoms with Crippen LogP contribution >= 0.6 is 27.3 Å². The molecule has 1 aromatic heterocycles. The number of rotatable bonds is 5. The van der Waals surface area contributed by atoms with E-state index in [0.29, 0.717) is 6.04 Å². The molecule has 1 N–H and O–H groups in total. The first-order valence-corrected chi connectivity index (χ1v) is 8.70. The van der Waals surface area contributed by atoms with Crippen LogP contribution in [0.2, 0.25) is 0 Å². The minimum atomic E-state index is 0.296. The van der Waals surface area contributed by atoms with Gasteiger partial charge in [0.25, 0.3) is 0 Å². The maximum Gasteiger partial charge on any atom is 0.0731 e. The Bertz CT molecular complexity index is 569. The highest BCUT2D eigenvalue weighted by molar-refractivity contribution is 9.11. The van der Waals surface area contributed by atoms with Gasteiger partial charge in [0, 0.05) is 4.88 Å². The molecule has 0 amide bonds. The van der Waals surface area contributed by atoms with Gasteiger partial charge in [-0.2, -0.15) is 0 Å². The summed E-state index contributed by atoms with van der Waals surface area (Å²) in [4.78, 5) is 1.38. The van der Waals surface area contributed by atoms with Crippen molar-refractivity contribution in [1.29, 1.82) is 0 Å². The fourth-order valence-electron chi connectivity index (χ4n) is 2.24. The topological polar surface area (TPSA) is 12.0 Å². The molecule has 0 aliphatic rings. The number of hydrogen-bond donors (Lipinski definition) is 1. The molecule has 0 aliphatic carbocycles. The van der Waals surface area contributed by atoms with Gasteiger partial charge >= 0.3 is 0 Å². The first kappa shape index (κ1) is 15.7. The monoisotopic (exact) mass is 351 g/mol. The smallest absolute Gasteiger partial charge is 0.0731 e. The van der Waals surface area contributed by atoms with Gasteiger partial charge < -0.3 is 5.32 Å². The normalized spacial score (nSPS) is 12.7. The van der Waals surface area contributed by atoms with Crippen molar-refractivity contribution in [2.24, 2.45) is 0 Å². The molecule has 2 rings (SSSR count). The first-order chi connectivity index (χ1) is 9.52. The van der Waals surface area contributed by atoms with E-state index < -0.39 is 0 Å². The highest BCUT2D eigenvalue weighted by Gasteiger charge is 2.17. The molecule has 0 saturated heterocycles. The number of aryl methyl sites for hydroxylation is 3. The standard InChI is InChI=1S/C17H22BrNS/c1-5-8-19-16(15-10-13(4)17(18)20-15)14-7-6-11(2)12(3)9-14/h6-7,9-10,16,19H,5,8H2,1-4H3. The van der Waals surface area contributed by atoms with Crippen molar-refractivity contribution >= 4 is 27.3 Å². The number of hydrogen-bond acceptors (Lipinski definition) is 2. The summed E-state index contributed by atoms with van der Waals surface area (Å²) in [5.74, 6) is 0. The largest absolute Gasteiger partial charge is 0.306 e. The number of halogens is 1. The predicted octanol–water partition coefficient (Wildman–Crippen LogP) is 5.52. The molecule has 20 heavy (non-hydrogen) atoms. The van der Waals surface area contributed by atoms with Gasteiger partial charge in [0.15, 0.2) is 0 Å². The lowest BCUT2D eigenvalue weighted by molar-refractivity contribution is 0.605. The van der Waals surface area contributed by atoms with Gasteiger partial charge in [-0.05, 0) is 78.0 Å². The second-order valence-electron chi connectivity index (χ2n) is 5.34. The Hall–Kier alpha value is -0.640. The lowest BCUT2D eigenvalue weighted by Crippen LogP contribution is -2.22. The zero-order valence-corrected chi connectivity index (χ0v) is 15.0. The molecule has 1 unspecified atom stereocenters. The average Bonchev–Trinajstić information content (AvgIpc) is 2.74. The van der Waals surface area contributed by atoms with Gasteiger partial charge in [0.2, 0.25) is 0 Å². The molecule has 0 aliphatic heterocycles. The summed E-state index contributed by atoms with van der Waals surface area (Å²) in [5.41, 5.74) is 5.39. The molecule has 1 heterocycles. The molecule has 2 aromatic rings. The second-order valence-corrected chi connectivity index (χ2v) is 7.74. The van der Waals surface area contributed by atoms with E-state index in [-0.39, 0.29) is 0 Å². The van der Waals surface area contributed by atoms with Crippen molar-refractivity contribution in [2.75, 3.05) is 6.54 Å². The van der Waals surface area contributed by atoms with Gasteiger partial charge in [-0.1, -0.05) is 25.1 Å². The van der Waals surface area contributed by atoms with Gasteiger partial charge in [-0.15, -0.1) is 11.3 Å². The molecule has 108 valence electrons. The number of thiophene rings is 1. The average molecular weight is 352 g/mol. The van der Waals surface area contributed by atoms with E-state index in [2.05, 4.69) is 73.2 Å². The Morgan fingerprint density at radius 2 is 1.85 bits per heavy atom. The number of nitrogens with one attached hydrogen (secondary N) is 1. The van der Waals surface area contributed by atoms with E-state index in [4.69, 9.17) is 0 Å². The van der Waals surface area contributed by atoms with Crippen molar-refractivity contribution in [3.8, 4) is 0 Å². The Morgan fingerprint density at radius 1 is 1.10 bits per heavy atom. The molecular formula is C17H22BrNS. The summed E-state index contributed by atoms with van der Waals surface area (Å²) in [6.07, 6.45) is 1.15. The van der Waals surface area contributed by atoms with E-state index >= 15 is 0 Å². The maximum atomic E-state index is 3.68. The molecule has 0 fully saturated rings. The lowest BCUT2D eigenvalue weighted by Gasteiger charge is -2.19.